The molecule has 0 aromatic carbocycles. The summed E-state index contributed by atoms with van der Waals surface area (Å²) in [5.74, 6) is 2.36. The summed E-state index contributed by atoms with van der Waals surface area (Å²) < 4.78 is 1.95. The highest BCUT2D eigenvalue weighted by molar-refractivity contribution is 5.17. The molecular weight excluding hydrogens is 250 g/mol. The van der Waals surface area contributed by atoms with Gasteiger partial charge in [-0.1, -0.05) is 20.8 Å². The van der Waals surface area contributed by atoms with Crippen LogP contribution in [0.4, 0.5) is 0 Å². The predicted octanol–water partition coefficient (Wildman–Crippen LogP) is 2.36. The van der Waals surface area contributed by atoms with Crippen LogP contribution in [-0.2, 0) is 13.0 Å². The second kappa shape index (κ2) is 7.14. The van der Waals surface area contributed by atoms with Gasteiger partial charge in [-0.3, -0.25) is 4.57 Å². The van der Waals surface area contributed by atoms with E-state index >= 15 is 0 Å². The van der Waals surface area contributed by atoms with Crippen LogP contribution in [0.1, 0.15) is 38.6 Å². The van der Waals surface area contributed by atoms with E-state index < -0.39 is 0 Å². The van der Waals surface area contributed by atoms with Crippen molar-refractivity contribution in [2.75, 3.05) is 6.54 Å². The van der Waals surface area contributed by atoms with Crippen LogP contribution in [0.15, 0.2) is 24.8 Å². The van der Waals surface area contributed by atoms with Gasteiger partial charge < -0.3 is 5.32 Å². The Morgan fingerprint density at radius 3 is 2.60 bits per heavy atom. The van der Waals surface area contributed by atoms with Crippen LogP contribution in [0.2, 0.25) is 0 Å². The zero-order valence-electron chi connectivity index (χ0n) is 12.5. The molecule has 0 radical (unpaired) electrons. The zero-order chi connectivity index (χ0) is 14.4. The van der Waals surface area contributed by atoms with E-state index in [1.165, 1.54) is 0 Å². The molecule has 0 amide bonds. The van der Waals surface area contributed by atoms with Gasteiger partial charge in [0, 0.05) is 43.3 Å². The summed E-state index contributed by atoms with van der Waals surface area (Å²) in [6.07, 6.45) is 9.47. The van der Waals surface area contributed by atoms with Crippen LogP contribution in [-0.4, -0.2) is 26.1 Å². The van der Waals surface area contributed by atoms with E-state index in [9.17, 15) is 0 Å². The Morgan fingerprint density at radius 1 is 1.20 bits per heavy atom. The van der Waals surface area contributed by atoms with E-state index in [0.29, 0.717) is 11.9 Å². The van der Waals surface area contributed by atoms with Crippen LogP contribution in [0.25, 0.3) is 5.95 Å². The number of imidazole rings is 1. The molecule has 0 aliphatic heterocycles. The van der Waals surface area contributed by atoms with Crippen molar-refractivity contribution in [1.82, 2.24) is 24.8 Å². The molecule has 20 heavy (non-hydrogen) atoms. The first-order chi connectivity index (χ1) is 9.70. The third kappa shape index (κ3) is 3.87. The summed E-state index contributed by atoms with van der Waals surface area (Å²) in [5, 5.41) is 3.39. The van der Waals surface area contributed by atoms with Crippen LogP contribution >= 0.6 is 0 Å². The van der Waals surface area contributed by atoms with Gasteiger partial charge in [0.05, 0.1) is 0 Å². The van der Waals surface area contributed by atoms with Crippen molar-refractivity contribution in [2.24, 2.45) is 5.92 Å². The van der Waals surface area contributed by atoms with E-state index in [2.05, 4.69) is 41.0 Å². The normalized spacial score (nSPS) is 11.2. The molecule has 2 aromatic heterocycles. The second-order valence-corrected chi connectivity index (χ2v) is 5.38. The van der Waals surface area contributed by atoms with Crippen molar-refractivity contribution in [3.8, 4) is 5.95 Å². The molecule has 0 saturated carbocycles. The van der Waals surface area contributed by atoms with Crippen molar-refractivity contribution in [2.45, 2.75) is 40.2 Å². The molecule has 0 atom stereocenters. The van der Waals surface area contributed by atoms with Gasteiger partial charge in [-0.25, -0.2) is 15.0 Å². The largest absolute Gasteiger partial charge is 0.312 e. The molecule has 0 spiro atoms. The summed E-state index contributed by atoms with van der Waals surface area (Å²) in [4.78, 5) is 13.2. The first kappa shape index (κ1) is 14.7. The van der Waals surface area contributed by atoms with E-state index in [1.807, 2.05) is 23.2 Å². The average Bonchev–Trinajstić information content (AvgIpc) is 2.88. The monoisotopic (exact) mass is 273 g/mol. The fourth-order valence-corrected chi connectivity index (χ4v) is 1.99. The summed E-state index contributed by atoms with van der Waals surface area (Å²) >= 11 is 0. The van der Waals surface area contributed by atoms with Gasteiger partial charge >= 0.3 is 0 Å². The third-order valence-corrected chi connectivity index (χ3v) is 2.98. The summed E-state index contributed by atoms with van der Waals surface area (Å²) in [5.41, 5.74) is 1.10. The summed E-state index contributed by atoms with van der Waals surface area (Å²) in [6.45, 7) is 8.35. The van der Waals surface area contributed by atoms with E-state index in [1.54, 1.807) is 6.20 Å². The molecule has 108 valence electrons. The van der Waals surface area contributed by atoms with Crippen LogP contribution in [0.5, 0.6) is 0 Å². The molecule has 1 N–H and O–H groups in total. The molecular formula is C15H23N5. The molecule has 0 fully saturated rings. The maximum Gasteiger partial charge on any atom is 0.235 e. The number of nitrogens with one attached hydrogen (secondary N) is 1. The van der Waals surface area contributed by atoms with Gasteiger partial charge in [-0.2, -0.15) is 0 Å². The smallest absolute Gasteiger partial charge is 0.235 e. The molecule has 5 heteroatoms. The van der Waals surface area contributed by atoms with Gasteiger partial charge in [0.15, 0.2) is 0 Å². The molecule has 2 heterocycles. The summed E-state index contributed by atoms with van der Waals surface area (Å²) in [6, 6.07) is 0. The van der Waals surface area contributed by atoms with E-state index in [0.717, 1.165) is 37.3 Å². The van der Waals surface area contributed by atoms with Crippen molar-refractivity contribution >= 4 is 0 Å². The van der Waals surface area contributed by atoms with Crippen molar-refractivity contribution in [1.29, 1.82) is 0 Å². The van der Waals surface area contributed by atoms with Gasteiger partial charge in [0.1, 0.15) is 5.82 Å². The van der Waals surface area contributed by atoms with Crippen molar-refractivity contribution in [3.05, 3.63) is 36.2 Å². The standard InChI is InChI=1S/C15H23N5/c1-4-5-14-17-6-7-20(14)15-18-10-13(11-19-15)9-16-8-12(2)3/h6-7,10-12,16H,4-5,8-9H2,1-3H3. The lowest BCUT2D eigenvalue weighted by Gasteiger charge is -2.08. The lowest BCUT2D eigenvalue weighted by Crippen LogP contribution is -2.19. The lowest BCUT2D eigenvalue weighted by molar-refractivity contribution is 0.551. The van der Waals surface area contributed by atoms with Gasteiger partial charge in [0.2, 0.25) is 5.95 Å². The minimum absolute atomic E-state index is 0.651. The number of aromatic nitrogens is 4. The fraction of sp³-hybridized carbons (Fsp3) is 0.533. The molecule has 0 aliphatic rings. The molecule has 2 aromatic rings. The maximum atomic E-state index is 4.43. The van der Waals surface area contributed by atoms with Crippen LogP contribution in [0.3, 0.4) is 0 Å². The molecule has 2 rings (SSSR count). The highest BCUT2D eigenvalue weighted by Gasteiger charge is 2.06. The first-order valence-electron chi connectivity index (χ1n) is 7.25. The quantitative estimate of drug-likeness (QED) is 0.841. The molecule has 0 unspecified atom stereocenters. The Morgan fingerprint density at radius 2 is 1.95 bits per heavy atom. The van der Waals surface area contributed by atoms with Gasteiger partial charge in [-0.15, -0.1) is 0 Å². The highest BCUT2D eigenvalue weighted by Crippen LogP contribution is 2.07. The van der Waals surface area contributed by atoms with Gasteiger partial charge in [0.25, 0.3) is 0 Å². The van der Waals surface area contributed by atoms with Crippen LogP contribution < -0.4 is 5.32 Å². The van der Waals surface area contributed by atoms with Crippen molar-refractivity contribution < 1.29 is 0 Å². The predicted molar refractivity (Wildman–Crippen MR) is 79.7 cm³/mol. The number of nitrogens with zero attached hydrogens (tertiary/aromatic N) is 4. The number of hydrogen-bond acceptors (Lipinski definition) is 4. The highest BCUT2D eigenvalue weighted by atomic mass is 15.2. The SMILES string of the molecule is CCCc1nccn1-c1ncc(CNCC(C)C)cn1. The van der Waals surface area contributed by atoms with Crippen LogP contribution in [0, 0.1) is 5.92 Å². The molecule has 5 nitrogen and oxygen atoms in total. The van der Waals surface area contributed by atoms with E-state index in [-0.39, 0.29) is 0 Å². The van der Waals surface area contributed by atoms with Crippen molar-refractivity contribution in [3.63, 3.8) is 0 Å². The molecule has 0 aliphatic carbocycles. The van der Waals surface area contributed by atoms with E-state index in [4.69, 9.17) is 0 Å². The minimum atomic E-state index is 0.651. The minimum Gasteiger partial charge on any atom is -0.312 e. The number of rotatable bonds is 7. The Hall–Kier alpha value is -1.75. The number of aryl methyl sites for hydroxylation is 1. The Bertz CT molecular complexity index is 515. The second-order valence-electron chi connectivity index (χ2n) is 5.38. The average molecular weight is 273 g/mol. The fourth-order valence-electron chi connectivity index (χ4n) is 1.99. The lowest BCUT2D eigenvalue weighted by atomic mass is 10.2. The molecule has 0 saturated heterocycles. The molecule has 0 bridgehead atoms. The van der Waals surface area contributed by atoms with Gasteiger partial charge in [-0.05, 0) is 18.9 Å². The first-order valence-corrected chi connectivity index (χ1v) is 7.25. The zero-order valence-corrected chi connectivity index (χ0v) is 12.5. The Balaban J connectivity index is 2.02. The Kier molecular flexibility index (Phi) is 5.24. The summed E-state index contributed by atoms with van der Waals surface area (Å²) in [7, 11) is 0. The number of hydrogen-bond donors (Lipinski definition) is 1. The Labute approximate surface area is 120 Å². The third-order valence-electron chi connectivity index (χ3n) is 2.98. The maximum absolute atomic E-state index is 4.43. The topological polar surface area (TPSA) is 55.6 Å².